The molecule has 0 saturated carbocycles. The van der Waals surface area contributed by atoms with Gasteiger partial charge in [-0.2, -0.15) is 0 Å². The normalized spacial score (nSPS) is 16.1. The molecule has 110 valence electrons. The maximum Gasteiger partial charge on any atom is 0.137 e. The number of benzene rings is 2. The topological polar surface area (TPSA) is 12.0 Å². The van der Waals surface area contributed by atoms with Crippen molar-refractivity contribution in [3.05, 3.63) is 58.9 Å². The molecule has 0 aliphatic carbocycles. The molecule has 0 spiro atoms. The standard InChI is InChI=1S/C17H17ClFNS/c18-13-3-1-4-14(11-13)21-17-15(5-2-6-16(17)19)12-7-9-20-10-8-12/h1-6,11-12,20H,7-10H2. The summed E-state index contributed by atoms with van der Waals surface area (Å²) in [5, 5.41) is 4.04. The van der Waals surface area contributed by atoms with Crippen LogP contribution < -0.4 is 5.32 Å². The molecule has 1 heterocycles. The van der Waals surface area contributed by atoms with Crippen molar-refractivity contribution < 1.29 is 4.39 Å². The third-order valence-electron chi connectivity index (χ3n) is 3.79. The van der Waals surface area contributed by atoms with Gasteiger partial charge >= 0.3 is 0 Å². The van der Waals surface area contributed by atoms with Crippen LogP contribution in [0.4, 0.5) is 4.39 Å². The quantitative estimate of drug-likeness (QED) is 0.844. The van der Waals surface area contributed by atoms with E-state index in [4.69, 9.17) is 11.6 Å². The summed E-state index contributed by atoms with van der Waals surface area (Å²) < 4.78 is 14.3. The smallest absolute Gasteiger partial charge is 0.137 e. The van der Waals surface area contributed by atoms with E-state index < -0.39 is 0 Å². The second kappa shape index (κ2) is 6.82. The zero-order valence-electron chi connectivity index (χ0n) is 11.6. The van der Waals surface area contributed by atoms with Crippen LogP contribution in [0.25, 0.3) is 0 Å². The average molecular weight is 322 g/mol. The summed E-state index contributed by atoms with van der Waals surface area (Å²) in [7, 11) is 0. The first kappa shape index (κ1) is 14.9. The second-order valence-electron chi connectivity index (χ2n) is 5.24. The van der Waals surface area contributed by atoms with Crippen LogP contribution in [-0.2, 0) is 0 Å². The first-order chi connectivity index (χ1) is 10.2. The predicted octanol–water partition coefficient (Wildman–Crippen LogP) is 5.10. The van der Waals surface area contributed by atoms with Crippen molar-refractivity contribution in [2.24, 2.45) is 0 Å². The summed E-state index contributed by atoms with van der Waals surface area (Å²) in [4.78, 5) is 1.72. The molecule has 3 rings (SSSR count). The van der Waals surface area contributed by atoms with E-state index in [1.54, 1.807) is 0 Å². The third-order valence-corrected chi connectivity index (χ3v) is 5.15. The van der Waals surface area contributed by atoms with E-state index in [0.29, 0.717) is 10.9 Å². The predicted molar refractivity (Wildman–Crippen MR) is 86.8 cm³/mol. The molecule has 1 saturated heterocycles. The fraction of sp³-hybridized carbons (Fsp3) is 0.294. The summed E-state index contributed by atoms with van der Waals surface area (Å²) in [6, 6.07) is 13.0. The van der Waals surface area contributed by atoms with Crippen molar-refractivity contribution in [1.29, 1.82) is 0 Å². The minimum absolute atomic E-state index is 0.143. The molecule has 0 bridgehead atoms. The molecule has 1 nitrogen and oxygen atoms in total. The molecule has 4 heteroatoms. The van der Waals surface area contributed by atoms with Gasteiger partial charge in [0.25, 0.3) is 0 Å². The lowest BCUT2D eigenvalue weighted by Crippen LogP contribution is -2.26. The van der Waals surface area contributed by atoms with Gasteiger partial charge in [0.05, 0.1) is 4.90 Å². The minimum Gasteiger partial charge on any atom is -0.317 e. The SMILES string of the molecule is Fc1cccc(C2CCNCC2)c1Sc1cccc(Cl)c1. The summed E-state index contributed by atoms with van der Waals surface area (Å²) in [5.41, 5.74) is 1.13. The van der Waals surface area contributed by atoms with Crippen LogP contribution in [0.15, 0.2) is 52.3 Å². The number of halogens is 2. The summed E-state index contributed by atoms with van der Waals surface area (Å²) in [6.07, 6.45) is 2.12. The fourth-order valence-electron chi connectivity index (χ4n) is 2.74. The first-order valence-corrected chi connectivity index (χ1v) is 8.36. The third kappa shape index (κ3) is 3.60. The van der Waals surface area contributed by atoms with Crippen LogP contribution in [0.5, 0.6) is 0 Å². The molecule has 21 heavy (non-hydrogen) atoms. The van der Waals surface area contributed by atoms with Gasteiger partial charge in [0, 0.05) is 9.92 Å². The van der Waals surface area contributed by atoms with Crippen LogP contribution in [-0.4, -0.2) is 13.1 Å². The number of hydrogen-bond donors (Lipinski definition) is 1. The molecule has 0 aromatic heterocycles. The van der Waals surface area contributed by atoms with E-state index in [0.717, 1.165) is 41.3 Å². The molecule has 0 radical (unpaired) electrons. The highest BCUT2D eigenvalue weighted by atomic mass is 35.5. The molecular formula is C17H17ClFNS. The van der Waals surface area contributed by atoms with E-state index in [1.165, 1.54) is 17.8 Å². The van der Waals surface area contributed by atoms with Crippen molar-refractivity contribution in [2.45, 2.75) is 28.6 Å². The van der Waals surface area contributed by atoms with Gasteiger partial charge in [-0.3, -0.25) is 0 Å². The molecule has 2 aromatic rings. The Morgan fingerprint density at radius 3 is 2.62 bits per heavy atom. The van der Waals surface area contributed by atoms with Crippen molar-refractivity contribution in [1.82, 2.24) is 5.32 Å². The van der Waals surface area contributed by atoms with Gasteiger partial charge < -0.3 is 5.32 Å². The molecule has 1 aliphatic rings. The van der Waals surface area contributed by atoms with E-state index in [2.05, 4.69) is 11.4 Å². The molecular weight excluding hydrogens is 305 g/mol. The Hall–Kier alpha value is -1.03. The van der Waals surface area contributed by atoms with E-state index in [-0.39, 0.29) is 5.82 Å². The lowest BCUT2D eigenvalue weighted by atomic mass is 9.90. The van der Waals surface area contributed by atoms with Crippen LogP contribution >= 0.6 is 23.4 Å². The van der Waals surface area contributed by atoms with Crippen LogP contribution in [0.2, 0.25) is 5.02 Å². The first-order valence-electron chi connectivity index (χ1n) is 7.16. The number of rotatable bonds is 3. The fourth-order valence-corrected chi connectivity index (χ4v) is 4.08. The Morgan fingerprint density at radius 1 is 1.10 bits per heavy atom. The minimum atomic E-state index is -0.143. The van der Waals surface area contributed by atoms with Crippen molar-refractivity contribution in [3.63, 3.8) is 0 Å². The van der Waals surface area contributed by atoms with Crippen molar-refractivity contribution in [2.75, 3.05) is 13.1 Å². The monoisotopic (exact) mass is 321 g/mol. The zero-order valence-corrected chi connectivity index (χ0v) is 13.2. The Bertz CT molecular complexity index is 626. The van der Waals surface area contributed by atoms with Gasteiger partial charge in [-0.05, 0) is 61.7 Å². The summed E-state index contributed by atoms with van der Waals surface area (Å²) in [6.45, 7) is 2.00. The molecule has 1 N–H and O–H groups in total. The van der Waals surface area contributed by atoms with Crippen LogP contribution in [0.1, 0.15) is 24.3 Å². The van der Waals surface area contributed by atoms with E-state index in [9.17, 15) is 4.39 Å². The van der Waals surface area contributed by atoms with Crippen LogP contribution in [0.3, 0.4) is 0 Å². The van der Waals surface area contributed by atoms with Crippen LogP contribution in [0, 0.1) is 5.82 Å². The Balaban J connectivity index is 1.93. The van der Waals surface area contributed by atoms with E-state index in [1.807, 2.05) is 30.3 Å². The summed E-state index contributed by atoms with van der Waals surface area (Å²) >= 11 is 7.49. The molecule has 1 aliphatic heterocycles. The molecule has 2 aromatic carbocycles. The Labute approximate surface area is 133 Å². The molecule has 0 atom stereocenters. The Morgan fingerprint density at radius 2 is 1.86 bits per heavy atom. The molecule has 0 unspecified atom stereocenters. The summed E-state index contributed by atoms with van der Waals surface area (Å²) in [5.74, 6) is 0.291. The highest BCUT2D eigenvalue weighted by Crippen LogP contribution is 2.39. The van der Waals surface area contributed by atoms with Crippen molar-refractivity contribution >= 4 is 23.4 Å². The Kier molecular flexibility index (Phi) is 4.84. The zero-order chi connectivity index (χ0) is 14.7. The number of hydrogen-bond acceptors (Lipinski definition) is 2. The van der Waals surface area contributed by atoms with Gasteiger partial charge in [-0.1, -0.05) is 41.6 Å². The highest BCUT2D eigenvalue weighted by molar-refractivity contribution is 7.99. The maximum atomic E-state index is 14.3. The van der Waals surface area contributed by atoms with Gasteiger partial charge in [-0.15, -0.1) is 0 Å². The largest absolute Gasteiger partial charge is 0.317 e. The molecule has 0 amide bonds. The van der Waals surface area contributed by atoms with Gasteiger partial charge in [0.15, 0.2) is 0 Å². The van der Waals surface area contributed by atoms with Gasteiger partial charge in [-0.25, -0.2) is 4.39 Å². The van der Waals surface area contributed by atoms with Crippen molar-refractivity contribution in [3.8, 4) is 0 Å². The number of nitrogens with one attached hydrogen (secondary N) is 1. The van der Waals surface area contributed by atoms with Gasteiger partial charge in [0.2, 0.25) is 0 Å². The highest BCUT2D eigenvalue weighted by Gasteiger charge is 2.20. The molecule has 1 fully saturated rings. The maximum absolute atomic E-state index is 14.3. The van der Waals surface area contributed by atoms with Gasteiger partial charge in [0.1, 0.15) is 5.82 Å². The lowest BCUT2D eigenvalue weighted by molar-refractivity contribution is 0.452. The van der Waals surface area contributed by atoms with E-state index >= 15 is 0 Å². The number of piperidine rings is 1. The second-order valence-corrected chi connectivity index (χ2v) is 6.76. The average Bonchev–Trinajstić information content (AvgIpc) is 2.50. The lowest BCUT2D eigenvalue weighted by Gasteiger charge is -2.25.